The summed E-state index contributed by atoms with van der Waals surface area (Å²) in [5, 5.41) is 0.402. The fraction of sp³-hybridized carbons (Fsp3) is 0.500. The van der Waals surface area contributed by atoms with Gasteiger partial charge in [-0.05, 0) is 39.0 Å². The number of carbonyl (C=O) groups excluding carboxylic acids is 1. The van der Waals surface area contributed by atoms with Crippen LogP contribution in [-0.2, 0) is 9.47 Å². The van der Waals surface area contributed by atoms with E-state index in [1.165, 1.54) is 6.92 Å². The Bertz CT molecular complexity index is 414. The van der Waals surface area contributed by atoms with Gasteiger partial charge in [-0.1, -0.05) is 11.6 Å². The zero-order valence-corrected chi connectivity index (χ0v) is 12.2. The summed E-state index contributed by atoms with van der Waals surface area (Å²) in [6.45, 7) is 6.62. The predicted octanol–water partition coefficient (Wildman–Crippen LogP) is 3.32. The standard InChI is InChI=1S/C14H19ClO4/c1-4-17-14(18-5-2)9-19-13-7-6-11(10(3)16)8-12(13)15/h6-8,14H,4-5,9H2,1-3H3. The van der Waals surface area contributed by atoms with Crippen molar-refractivity contribution in [3.8, 4) is 5.75 Å². The van der Waals surface area contributed by atoms with Crippen LogP contribution in [0, 0.1) is 0 Å². The Kier molecular flexibility index (Phi) is 6.84. The second-order valence-electron chi connectivity index (χ2n) is 3.85. The lowest BCUT2D eigenvalue weighted by molar-refractivity contribution is -0.152. The molecule has 0 aromatic heterocycles. The van der Waals surface area contributed by atoms with Crippen molar-refractivity contribution in [3.05, 3.63) is 28.8 Å². The summed E-state index contributed by atoms with van der Waals surface area (Å²) in [5.41, 5.74) is 0.559. The van der Waals surface area contributed by atoms with Crippen LogP contribution >= 0.6 is 11.6 Å². The quantitative estimate of drug-likeness (QED) is 0.543. The van der Waals surface area contributed by atoms with E-state index in [9.17, 15) is 4.79 Å². The fourth-order valence-electron chi connectivity index (χ4n) is 1.51. The highest BCUT2D eigenvalue weighted by Gasteiger charge is 2.11. The molecule has 0 heterocycles. The molecular weight excluding hydrogens is 268 g/mol. The average Bonchev–Trinajstić information content (AvgIpc) is 2.37. The number of ketones is 1. The van der Waals surface area contributed by atoms with Gasteiger partial charge in [-0.3, -0.25) is 4.79 Å². The molecule has 106 valence electrons. The van der Waals surface area contributed by atoms with Crippen molar-refractivity contribution < 1.29 is 19.0 Å². The normalized spacial score (nSPS) is 10.8. The number of carbonyl (C=O) groups is 1. The van der Waals surface area contributed by atoms with Crippen molar-refractivity contribution in [1.29, 1.82) is 0 Å². The Morgan fingerprint density at radius 2 is 1.89 bits per heavy atom. The van der Waals surface area contributed by atoms with Crippen molar-refractivity contribution in [2.45, 2.75) is 27.1 Å². The number of hydrogen-bond acceptors (Lipinski definition) is 4. The van der Waals surface area contributed by atoms with E-state index >= 15 is 0 Å². The molecule has 0 spiro atoms. The lowest BCUT2D eigenvalue weighted by Crippen LogP contribution is -2.25. The zero-order valence-electron chi connectivity index (χ0n) is 11.4. The molecule has 0 amide bonds. The molecule has 1 aromatic carbocycles. The zero-order chi connectivity index (χ0) is 14.3. The molecule has 0 fully saturated rings. The minimum absolute atomic E-state index is 0.0324. The lowest BCUT2D eigenvalue weighted by Gasteiger charge is -2.18. The predicted molar refractivity (Wildman–Crippen MR) is 74.0 cm³/mol. The van der Waals surface area contributed by atoms with Gasteiger partial charge in [0.2, 0.25) is 0 Å². The van der Waals surface area contributed by atoms with Gasteiger partial charge in [-0.15, -0.1) is 0 Å². The third-order valence-corrected chi connectivity index (χ3v) is 2.71. The van der Waals surface area contributed by atoms with E-state index in [1.54, 1.807) is 18.2 Å². The molecule has 0 aliphatic carbocycles. The van der Waals surface area contributed by atoms with E-state index in [-0.39, 0.29) is 12.4 Å². The van der Waals surface area contributed by atoms with Crippen molar-refractivity contribution in [3.63, 3.8) is 0 Å². The first kappa shape index (κ1) is 16.0. The minimum Gasteiger partial charge on any atom is -0.487 e. The van der Waals surface area contributed by atoms with Crippen LogP contribution in [0.2, 0.25) is 5.02 Å². The van der Waals surface area contributed by atoms with Crippen molar-refractivity contribution in [1.82, 2.24) is 0 Å². The Morgan fingerprint density at radius 3 is 2.37 bits per heavy atom. The topological polar surface area (TPSA) is 44.8 Å². The van der Waals surface area contributed by atoms with Crippen molar-refractivity contribution in [2.75, 3.05) is 19.8 Å². The first-order valence-corrected chi connectivity index (χ1v) is 6.62. The third kappa shape index (κ3) is 5.19. The maximum absolute atomic E-state index is 11.2. The van der Waals surface area contributed by atoms with Gasteiger partial charge in [0.1, 0.15) is 12.4 Å². The molecule has 19 heavy (non-hydrogen) atoms. The highest BCUT2D eigenvalue weighted by atomic mass is 35.5. The van der Waals surface area contributed by atoms with Crippen LogP contribution < -0.4 is 4.74 Å². The number of ether oxygens (including phenoxy) is 3. The summed E-state index contributed by atoms with van der Waals surface area (Å²) in [7, 11) is 0. The van der Waals surface area contributed by atoms with E-state index in [1.807, 2.05) is 13.8 Å². The number of benzene rings is 1. The van der Waals surface area contributed by atoms with Gasteiger partial charge < -0.3 is 14.2 Å². The molecule has 0 radical (unpaired) electrons. The van der Waals surface area contributed by atoms with Gasteiger partial charge >= 0.3 is 0 Å². The Labute approximate surface area is 118 Å². The van der Waals surface area contributed by atoms with Crippen LogP contribution in [0.4, 0.5) is 0 Å². The third-order valence-electron chi connectivity index (χ3n) is 2.42. The molecule has 0 atom stereocenters. The number of Topliss-reactive ketones (excluding diaryl/α,β-unsaturated/α-hetero) is 1. The van der Waals surface area contributed by atoms with Crippen LogP contribution in [0.1, 0.15) is 31.1 Å². The van der Waals surface area contributed by atoms with E-state index in [0.29, 0.717) is 29.5 Å². The maximum Gasteiger partial charge on any atom is 0.191 e. The summed E-state index contributed by atoms with van der Waals surface area (Å²) in [4.78, 5) is 11.2. The highest BCUT2D eigenvalue weighted by molar-refractivity contribution is 6.32. The SMILES string of the molecule is CCOC(COc1ccc(C(C)=O)cc1Cl)OCC. The summed E-state index contributed by atoms with van der Waals surface area (Å²) in [5.74, 6) is 0.478. The van der Waals surface area contributed by atoms with Gasteiger partial charge in [0.05, 0.1) is 5.02 Å². The Hall–Kier alpha value is -1.10. The smallest absolute Gasteiger partial charge is 0.191 e. The highest BCUT2D eigenvalue weighted by Crippen LogP contribution is 2.26. The molecule has 1 aromatic rings. The van der Waals surface area contributed by atoms with E-state index in [2.05, 4.69) is 0 Å². The van der Waals surface area contributed by atoms with Crippen molar-refractivity contribution >= 4 is 17.4 Å². The van der Waals surface area contributed by atoms with Crippen LogP contribution in [-0.4, -0.2) is 31.9 Å². The Morgan fingerprint density at radius 1 is 1.26 bits per heavy atom. The van der Waals surface area contributed by atoms with Crippen LogP contribution in [0.5, 0.6) is 5.75 Å². The molecule has 0 aliphatic rings. The molecule has 1 rings (SSSR count). The molecule has 4 nitrogen and oxygen atoms in total. The molecular formula is C14H19ClO4. The molecule has 0 aliphatic heterocycles. The van der Waals surface area contributed by atoms with Crippen LogP contribution in [0.25, 0.3) is 0 Å². The summed E-state index contributed by atoms with van der Waals surface area (Å²) in [6.07, 6.45) is -0.418. The molecule has 0 saturated heterocycles. The molecule has 0 bridgehead atoms. The van der Waals surface area contributed by atoms with E-state index in [4.69, 9.17) is 25.8 Å². The first-order valence-electron chi connectivity index (χ1n) is 6.25. The molecule has 0 unspecified atom stereocenters. The molecule has 5 heteroatoms. The average molecular weight is 287 g/mol. The monoisotopic (exact) mass is 286 g/mol. The van der Waals surface area contributed by atoms with E-state index < -0.39 is 6.29 Å². The minimum atomic E-state index is -0.418. The lowest BCUT2D eigenvalue weighted by atomic mass is 10.1. The largest absolute Gasteiger partial charge is 0.487 e. The number of halogens is 1. The summed E-state index contributed by atoms with van der Waals surface area (Å²) >= 11 is 6.05. The van der Waals surface area contributed by atoms with Gasteiger partial charge in [0.15, 0.2) is 12.1 Å². The van der Waals surface area contributed by atoms with Crippen LogP contribution in [0.3, 0.4) is 0 Å². The van der Waals surface area contributed by atoms with Gasteiger partial charge in [-0.2, -0.15) is 0 Å². The number of rotatable bonds is 8. The Balaban J connectivity index is 2.63. The maximum atomic E-state index is 11.2. The second kappa shape index (κ2) is 8.15. The van der Waals surface area contributed by atoms with Gasteiger partial charge in [-0.25, -0.2) is 0 Å². The fourth-order valence-corrected chi connectivity index (χ4v) is 1.75. The van der Waals surface area contributed by atoms with Gasteiger partial charge in [0, 0.05) is 18.8 Å². The summed E-state index contributed by atoms with van der Waals surface area (Å²) in [6, 6.07) is 4.95. The second-order valence-corrected chi connectivity index (χ2v) is 4.26. The van der Waals surface area contributed by atoms with E-state index in [0.717, 1.165) is 0 Å². The number of hydrogen-bond donors (Lipinski definition) is 0. The molecule has 0 saturated carbocycles. The van der Waals surface area contributed by atoms with Gasteiger partial charge in [0.25, 0.3) is 0 Å². The van der Waals surface area contributed by atoms with Crippen molar-refractivity contribution in [2.24, 2.45) is 0 Å². The summed E-state index contributed by atoms with van der Waals surface area (Å²) < 4.78 is 16.3. The first-order chi connectivity index (χ1) is 9.08. The van der Waals surface area contributed by atoms with Crippen LogP contribution in [0.15, 0.2) is 18.2 Å². The molecule has 0 N–H and O–H groups in total.